The maximum atomic E-state index is 13.3. The summed E-state index contributed by atoms with van der Waals surface area (Å²) in [6.07, 6.45) is 5.56. The summed E-state index contributed by atoms with van der Waals surface area (Å²) in [5.74, 6) is 1.72. The van der Waals surface area contributed by atoms with E-state index < -0.39 is 0 Å². The number of aryl methyl sites for hydroxylation is 2. The molecule has 0 fully saturated rings. The first-order chi connectivity index (χ1) is 10.2. The van der Waals surface area contributed by atoms with Crippen molar-refractivity contribution in [2.75, 3.05) is 0 Å². The summed E-state index contributed by atoms with van der Waals surface area (Å²) in [5, 5.41) is 0. The average Bonchev–Trinajstić information content (AvgIpc) is 3.00. The van der Waals surface area contributed by atoms with E-state index in [0.29, 0.717) is 0 Å². The highest BCUT2D eigenvalue weighted by Gasteiger charge is 2.26. The molecule has 21 heavy (non-hydrogen) atoms. The molecule has 0 N–H and O–H groups in total. The number of halogens is 1. The molecular formula is C17H19FN2O. The minimum Gasteiger partial charge on any atom is -0.488 e. The molecule has 1 aromatic carbocycles. The van der Waals surface area contributed by atoms with Crippen LogP contribution in [0.4, 0.5) is 4.39 Å². The maximum Gasteiger partial charge on any atom is 0.123 e. The van der Waals surface area contributed by atoms with Gasteiger partial charge in [0, 0.05) is 17.7 Å². The van der Waals surface area contributed by atoms with E-state index in [2.05, 4.69) is 11.5 Å². The smallest absolute Gasteiger partial charge is 0.123 e. The number of benzene rings is 1. The Labute approximate surface area is 123 Å². The third-order valence-corrected chi connectivity index (χ3v) is 4.57. The molecule has 1 aliphatic carbocycles. The van der Waals surface area contributed by atoms with Crippen LogP contribution in [-0.4, -0.2) is 15.7 Å². The first kappa shape index (κ1) is 12.9. The molecule has 2 aliphatic rings. The van der Waals surface area contributed by atoms with Crippen LogP contribution in [0.5, 0.6) is 5.75 Å². The van der Waals surface area contributed by atoms with Gasteiger partial charge in [-0.2, -0.15) is 0 Å². The van der Waals surface area contributed by atoms with Gasteiger partial charge in [0.1, 0.15) is 23.5 Å². The molecule has 0 bridgehead atoms. The van der Waals surface area contributed by atoms with Crippen LogP contribution in [0.15, 0.2) is 18.2 Å². The molecule has 2 heterocycles. The van der Waals surface area contributed by atoms with Gasteiger partial charge in [-0.25, -0.2) is 9.37 Å². The summed E-state index contributed by atoms with van der Waals surface area (Å²) in [7, 11) is 0. The Hall–Kier alpha value is -1.84. The van der Waals surface area contributed by atoms with Gasteiger partial charge in [0.25, 0.3) is 0 Å². The molecule has 0 saturated heterocycles. The van der Waals surface area contributed by atoms with E-state index >= 15 is 0 Å². The van der Waals surface area contributed by atoms with Gasteiger partial charge < -0.3 is 9.30 Å². The van der Waals surface area contributed by atoms with E-state index in [-0.39, 0.29) is 11.9 Å². The van der Waals surface area contributed by atoms with Crippen LogP contribution in [0.3, 0.4) is 0 Å². The summed E-state index contributed by atoms with van der Waals surface area (Å²) in [6.45, 7) is 2.88. The van der Waals surface area contributed by atoms with Crippen LogP contribution in [0.25, 0.3) is 0 Å². The molecule has 1 aliphatic heterocycles. The molecule has 110 valence electrons. The fourth-order valence-corrected chi connectivity index (χ4v) is 3.57. The zero-order chi connectivity index (χ0) is 14.4. The minimum atomic E-state index is -0.186. The van der Waals surface area contributed by atoms with Crippen molar-refractivity contribution in [2.45, 2.75) is 51.7 Å². The normalized spacial score (nSPS) is 20.0. The summed E-state index contributed by atoms with van der Waals surface area (Å²) in [6, 6.07) is 4.79. The highest BCUT2D eigenvalue weighted by Crippen LogP contribution is 2.31. The lowest BCUT2D eigenvalue weighted by molar-refractivity contribution is 0.206. The van der Waals surface area contributed by atoms with Crippen molar-refractivity contribution in [1.82, 2.24) is 9.55 Å². The highest BCUT2D eigenvalue weighted by molar-refractivity contribution is 5.38. The van der Waals surface area contributed by atoms with Crippen LogP contribution >= 0.6 is 0 Å². The van der Waals surface area contributed by atoms with Crippen molar-refractivity contribution in [1.29, 1.82) is 0 Å². The third-order valence-electron chi connectivity index (χ3n) is 4.57. The quantitative estimate of drug-likeness (QED) is 0.847. The Kier molecular flexibility index (Phi) is 2.98. The lowest BCUT2D eigenvalue weighted by Crippen LogP contribution is -2.23. The number of fused-ring (bicyclic) bond motifs is 2. The number of ether oxygens (including phenoxy) is 1. The van der Waals surface area contributed by atoms with Crippen molar-refractivity contribution in [3.63, 3.8) is 0 Å². The molecule has 4 rings (SSSR count). The molecule has 0 radical (unpaired) electrons. The van der Waals surface area contributed by atoms with Crippen molar-refractivity contribution < 1.29 is 9.13 Å². The van der Waals surface area contributed by atoms with Crippen LogP contribution in [0.1, 0.15) is 35.6 Å². The topological polar surface area (TPSA) is 27.1 Å². The van der Waals surface area contributed by atoms with Crippen molar-refractivity contribution in [3.05, 3.63) is 46.8 Å². The van der Waals surface area contributed by atoms with E-state index in [4.69, 9.17) is 9.72 Å². The molecule has 3 nitrogen and oxygen atoms in total. The Balaban J connectivity index is 1.57. The molecule has 2 aromatic rings. The Bertz CT molecular complexity index is 692. The second-order valence-corrected chi connectivity index (χ2v) is 6.07. The van der Waals surface area contributed by atoms with E-state index in [1.807, 2.05) is 0 Å². The first-order valence-electron chi connectivity index (χ1n) is 7.70. The fourth-order valence-electron chi connectivity index (χ4n) is 3.57. The van der Waals surface area contributed by atoms with Crippen LogP contribution in [-0.2, 0) is 25.8 Å². The van der Waals surface area contributed by atoms with Gasteiger partial charge in [-0.1, -0.05) is 0 Å². The van der Waals surface area contributed by atoms with Gasteiger partial charge in [0.2, 0.25) is 0 Å². The second-order valence-electron chi connectivity index (χ2n) is 6.07. The Morgan fingerprint density at radius 1 is 1.33 bits per heavy atom. The first-order valence-corrected chi connectivity index (χ1v) is 7.70. The molecule has 1 atom stereocenters. The number of hydrogen-bond donors (Lipinski definition) is 0. The van der Waals surface area contributed by atoms with Crippen LogP contribution in [0.2, 0.25) is 0 Å². The van der Waals surface area contributed by atoms with Gasteiger partial charge in [-0.15, -0.1) is 0 Å². The van der Waals surface area contributed by atoms with Gasteiger partial charge >= 0.3 is 0 Å². The zero-order valence-corrected chi connectivity index (χ0v) is 12.2. The van der Waals surface area contributed by atoms with E-state index in [1.165, 1.54) is 30.3 Å². The minimum absolute atomic E-state index is 0.0840. The number of imidazole rings is 1. The summed E-state index contributed by atoms with van der Waals surface area (Å²) < 4.78 is 21.6. The Morgan fingerprint density at radius 2 is 2.19 bits per heavy atom. The van der Waals surface area contributed by atoms with E-state index in [0.717, 1.165) is 42.9 Å². The predicted molar refractivity (Wildman–Crippen MR) is 78.1 cm³/mol. The molecule has 0 spiro atoms. The van der Waals surface area contributed by atoms with Crippen LogP contribution in [0, 0.1) is 12.7 Å². The van der Waals surface area contributed by atoms with Crippen molar-refractivity contribution in [3.8, 4) is 5.75 Å². The maximum absolute atomic E-state index is 13.3. The van der Waals surface area contributed by atoms with E-state index in [9.17, 15) is 4.39 Å². The lowest BCUT2D eigenvalue weighted by atomic mass is 10.0. The van der Waals surface area contributed by atoms with Gasteiger partial charge in [-0.05, 0) is 50.8 Å². The van der Waals surface area contributed by atoms with E-state index in [1.54, 1.807) is 12.1 Å². The molecule has 1 aromatic heterocycles. The summed E-state index contributed by atoms with van der Waals surface area (Å²) >= 11 is 0. The fraction of sp³-hybridized carbons (Fsp3) is 0.471. The van der Waals surface area contributed by atoms with Crippen molar-refractivity contribution in [2.24, 2.45) is 0 Å². The zero-order valence-electron chi connectivity index (χ0n) is 12.2. The number of aromatic nitrogens is 2. The molecule has 0 saturated carbocycles. The number of rotatable bonds is 2. The van der Waals surface area contributed by atoms with Gasteiger partial charge in [0.05, 0.1) is 12.2 Å². The lowest BCUT2D eigenvalue weighted by Gasteiger charge is -2.18. The molecule has 4 heteroatoms. The number of nitrogens with zero attached hydrogens (tertiary/aromatic N) is 2. The second kappa shape index (κ2) is 4.86. The highest BCUT2D eigenvalue weighted by atomic mass is 19.1. The van der Waals surface area contributed by atoms with Crippen molar-refractivity contribution >= 4 is 0 Å². The largest absolute Gasteiger partial charge is 0.488 e. The molecular weight excluding hydrogens is 267 g/mol. The molecule has 1 unspecified atom stereocenters. The summed E-state index contributed by atoms with van der Waals surface area (Å²) in [4.78, 5) is 4.70. The standard InChI is InChI=1S/C17H19FN2O/c1-11-19-15-4-2-3-5-16(15)20(11)10-14-9-12-8-13(18)6-7-17(12)21-14/h6-8,14H,2-5,9-10H2,1H3. The van der Waals surface area contributed by atoms with Gasteiger partial charge in [0.15, 0.2) is 0 Å². The summed E-state index contributed by atoms with van der Waals surface area (Å²) in [5.41, 5.74) is 3.62. The Morgan fingerprint density at radius 3 is 3.10 bits per heavy atom. The number of hydrogen-bond acceptors (Lipinski definition) is 2. The van der Waals surface area contributed by atoms with Crippen LogP contribution < -0.4 is 4.74 Å². The van der Waals surface area contributed by atoms with Gasteiger partial charge in [-0.3, -0.25) is 0 Å². The molecule has 0 amide bonds. The SMILES string of the molecule is Cc1nc2c(n1CC1Cc3cc(F)ccc3O1)CCCC2. The third kappa shape index (κ3) is 2.23. The monoisotopic (exact) mass is 286 g/mol. The average molecular weight is 286 g/mol. The predicted octanol–water partition coefficient (Wildman–Crippen LogP) is 3.21.